The molecule has 5 heteroatoms. The third-order valence-electron chi connectivity index (χ3n) is 5.97. The second kappa shape index (κ2) is 20.3. The Morgan fingerprint density at radius 2 is 1.00 bits per heavy atom. The maximum atomic E-state index is 12.4. The summed E-state index contributed by atoms with van der Waals surface area (Å²) in [7, 11) is 0. The molecule has 1 atom stereocenters. The summed E-state index contributed by atoms with van der Waals surface area (Å²) in [6, 6.07) is 0. The van der Waals surface area contributed by atoms with E-state index in [2.05, 4.69) is 6.92 Å². The summed E-state index contributed by atoms with van der Waals surface area (Å²) in [6.07, 6.45) is 19.5. The Morgan fingerprint density at radius 3 is 1.36 bits per heavy atom. The molecule has 0 heterocycles. The van der Waals surface area contributed by atoms with E-state index in [0.717, 1.165) is 12.8 Å². The molecular weight excluding hydrogens is 416 g/mol. The number of hydrogen-bond donors (Lipinski definition) is 1. The first-order chi connectivity index (χ1) is 15.7. The standard InChI is InChI=1S/C28H54O5/c1-6-7-8-9-10-11-12-13-14-15-16-17-18-19-20-21-22-28(31,27(30)33-25(4)5)23-26(29)32-24(2)3/h24-25,31H,6-23H2,1-5H3. The van der Waals surface area contributed by atoms with Crippen LogP contribution in [0.25, 0.3) is 0 Å². The summed E-state index contributed by atoms with van der Waals surface area (Å²) < 4.78 is 10.3. The van der Waals surface area contributed by atoms with Crippen LogP contribution in [-0.4, -0.2) is 34.9 Å². The first-order valence-corrected chi connectivity index (χ1v) is 13.8. The minimum Gasteiger partial charge on any atom is -0.463 e. The molecule has 0 aromatic heterocycles. The molecule has 1 N–H and O–H groups in total. The maximum Gasteiger partial charge on any atom is 0.338 e. The minimum absolute atomic E-state index is 0.226. The Labute approximate surface area is 204 Å². The summed E-state index contributed by atoms with van der Waals surface area (Å²) in [4.78, 5) is 24.4. The van der Waals surface area contributed by atoms with Crippen LogP contribution in [0, 0.1) is 0 Å². The van der Waals surface area contributed by atoms with Gasteiger partial charge in [0.2, 0.25) is 0 Å². The highest BCUT2D eigenvalue weighted by Gasteiger charge is 2.40. The third kappa shape index (κ3) is 19.0. The number of rotatable bonds is 22. The van der Waals surface area contributed by atoms with E-state index in [1.54, 1.807) is 27.7 Å². The Hall–Kier alpha value is -1.10. The van der Waals surface area contributed by atoms with Crippen LogP contribution in [0.15, 0.2) is 0 Å². The number of hydrogen-bond acceptors (Lipinski definition) is 5. The fourth-order valence-electron chi connectivity index (χ4n) is 4.10. The molecule has 0 saturated heterocycles. The molecule has 5 nitrogen and oxygen atoms in total. The molecule has 0 fully saturated rings. The van der Waals surface area contributed by atoms with Gasteiger partial charge in [-0.15, -0.1) is 0 Å². The minimum atomic E-state index is -1.80. The van der Waals surface area contributed by atoms with Crippen LogP contribution >= 0.6 is 0 Å². The molecule has 0 rings (SSSR count). The predicted molar refractivity (Wildman–Crippen MR) is 136 cm³/mol. The fraction of sp³-hybridized carbons (Fsp3) is 0.929. The van der Waals surface area contributed by atoms with Crippen LogP contribution < -0.4 is 0 Å². The number of carbonyl (C=O) groups is 2. The molecule has 196 valence electrons. The van der Waals surface area contributed by atoms with Gasteiger partial charge in [-0.1, -0.05) is 103 Å². The van der Waals surface area contributed by atoms with Gasteiger partial charge in [-0.05, 0) is 40.5 Å². The number of carbonyl (C=O) groups excluding carboxylic acids is 2. The zero-order valence-electron chi connectivity index (χ0n) is 22.5. The molecule has 0 bridgehead atoms. The van der Waals surface area contributed by atoms with Crippen molar-refractivity contribution in [1.82, 2.24) is 0 Å². The van der Waals surface area contributed by atoms with E-state index in [1.807, 2.05) is 0 Å². The highest BCUT2D eigenvalue weighted by Crippen LogP contribution is 2.24. The van der Waals surface area contributed by atoms with Gasteiger partial charge in [-0.25, -0.2) is 4.79 Å². The van der Waals surface area contributed by atoms with Crippen LogP contribution in [-0.2, 0) is 19.1 Å². The molecule has 0 saturated carbocycles. The molecule has 0 aliphatic heterocycles. The summed E-state index contributed by atoms with van der Waals surface area (Å²) in [6.45, 7) is 9.23. The Balaban J connectivity index is 3.90. The Kier molecular flexibility index (Phi) is 19.6. The molecule has 33 heavy (non-hydrogen) atoms. The molecule has 0 aromatic carbocycles. The maximum absolute atomic E-state index is 12.4. The molecule has 0 radical (unpaired) electrons. The van der Waals surface area contributed by atoms with Crippen molar-refractivity contribution in [2.24, 2.45) is 0 Å². The molecule has 0 aliphatic rings. The van der Waals surface area contributed by atoms with Gasteiger partial charge < -0.3 is 14.6 Å². The van der Waals surface area contributed by atoms with Crippen LogP contribution in [0.4, 0.5) is 0 Å². The van der Waals surface area contributed by atoms with E-state index >= 15 is 0 Å². The summed E-state index contributed by atoms with van der Waals surface area (Å²) in [5.41, 5.74) is -1.80. The SMILES string of the molecule is CCCCCCCCCCCCCCCCCCC(O)(CC(=O)OC(C)C)C(=O)OC(C)C. The number of ether oxygens (including phenoxy) is 2. The monoisotopic (exact) mass is 470 g/mol. The van der Waals surface area contributed by atoms with Gasteiger partial charge in [-0.3, -0.25) is 4.79 Å². The van der Waals surface area contributed by atoms with Gasteiger partial charge in [0.15, 0.2) is 5.60 Å². The van der Waals surface area contributed by atoms with Crippen LogP contribution in [0.5, 0.6) is 0 Å². The first kappa shape index (κ1) is 31.9. The number of esters is 2. The lowest BCUT2D eigenvalue weighted by Crippen LogP contribution is -2.43. The van der Waals surface area contributed by atoms with E-state index in [4.69, 9.17) is 9.47 Å². The van der Waals surface area contributed by atoms with E-state index in [0.29, 0.717) is 6.42 Å². The molecule has 0 aliphatic carbocycles. The summed E-state index contributed by atoms with van der Waals surface area (Å²) >= 11 is 0. The van der Waals surface area contributed by atoms with Crippen LogP contribution in [0.2, 0.25) is 0 Å². The lowest BCUT2D eigenvalue weighted by Gasteiger charge is -2.26. The number of unbranched alkanes of at least 4 members (excludes halogenated alkanes) is 15. The molecule has 0 spiro atoms. The third-order valence-corrected chi connectivity index (χ3v) is 5.97. The van der Waals surface area contributed by atoms with Crippen LogP contribution in [0.1, 0.15) is 150 Å². The largest absolute Gasteiger partial charge is 0.463 e. The quantitative estimate of drug-likeness (QED) is 0.130. The highest BCUT2D eigenvalue weighted by molar-refractivity contribution is 5.85. The molecule has 1 unspecified atom stereocenters. The zero-order chi connectivity index (χ0) is 25.0. The van der Waals surface area contributed by atoms with E-state index in [-0.39, 0.29) is 25.0 Å². The predicted octanol–water partition coefficient (Wildman–Crippen LogP) is 7.66. The Morgan fingerprint density at radius 1 is 0.636 bits per heavy atom. The molecular formula is C28H54O5. The van der Waals surface area contributed by atoms with Crippen molar-refractivity contribution in [3.63, 3.8) is 0 Å². The zero-order valence-corrected chi connectivity index (χ0v) is 22.5. The van der Waals surface area contributed by atoms with Crippen molar-refractivity contribution in [3.05, 3.63) is 0 Å². The lowest BCUT2D eigenvalue weighted by molar-refractivity contribution is -0.177. The second-order valence-corrected chi connectivity index (χ2v) is 10.3. The van der Waals surface area contributed by atoms with E-state index in [9.17, 15) is 14.7 Å². The smallest absolute Gasteiger partial charge is 0.338 e. The van der Waals surface area contributed by atoms with Crippen molar-refractivity contribution in [2.45, 2.75) is 168 Å². The van der Waals surface area contributed by atoms with Gasteiger partial charge >= 0.3 is 11.9 Å². The van der Waals surface area contributed by atoms with E-state index in [1.165, 1.54) is 83.5 Å². The fourth-order valence-corrected chi connectivity index (χ4v) is 4.10. The van der Waals surface area contributed by atoms with Gasteiger partial charge in [0, 0.05) is 0 Å². The van der Waals surface area contributed by atoms with Crippen molar-refractivity contribution in [2.75, 3.05) is 0 Å². The van der Waals surface area contributed by atoms with E-state index < -0.39 is 17.5 Å². The summed E-state index contributed by atoms with van der Waals surface area (Å²) in [5.74, 6) is -1.29. The second-order valence-electron chi connectivity index (χ2n) is 10.3. The highest BCUT2D eigenvalue weighted by atomic mass is 16.6. The first-order valence-electron chi connectivity index (χ1n) is 13.8. The van der Waals surface area contributed by atoms with Gasteiger partial charge in [-0.2, -0.15) is 0 Å². The van der Waals surface area contributed by atoms with Crippen molar-refractivity contribution >= 4 is 11.9 Å². The summed E-state index contributed by atoms with van der Waals surface area (Å²) in [5, 5.41) is 10.9. The lowest BCUT2D eigenvalue weighted by atomic mass is 9.92. The number of aliphatic hydroxyl groups is 1. The van der Waals surface area contributed by atoms with Crippen molar-refractivity contribution in [1.29, 1.82) is 0 Å². The average molecular weight is 471 g/mol. The van der Waals surface area contributed by atoms with Gasteiger partial charge in [0.05, 0.1) is 18.6 Å². The topological polar surface area (TPSA) is 72.8 Å². The normalized spacial score (nSPS) is 13.3. The average Bonchev–Trinajstić information content (AvgIpc) is 2.72. The molecule has 0 amide bonds. The Bertz CT molecular complexity index is 489. The van der Waals surface area contributed by atoms with Crippen molar-refractivity contribution in [3.8, 4) is 0 Å². The van der Waals surface area contributed by atoms with Gasteiger partial charge in [0.25, 0.3) is 0 Å². The van der Waals surface area contributed by atoms with Gasteiger partial charge in [0.1, 0.15) is 0 Å². The van der Waals surface area contributed by atoms with Crippen molar-refractivity contribution < 1.29 is 24.2 Å². The molecule has 0 aromatic rings. The van der Waals surface area contributed by atoms with Crippen LogP contribution in [0.3, 0.4) is 0 Å².